The van der Waals surface area contributed by atoms with Crippen LogP contribution in [0, 0.1) is 0 Å². The zero-order chi connectivity index (χ0) is 24.0. The first-order chi connectivity index (χ1) is 17.2. The van der Waals surface area contributed by atoms with Crippen LogP contribution in [-0.2, 0) is 16.1 Å². The third kappa shape index (κ3) is 5.11. The quantitative estimate of drug-likeness (QED) is 0.404. The highest BCUT2D eigenvalue weighted by Crippen LogP contribution is 2.29. The van der Waals surface area contributed by atoms with Gasteiger partial charge in [-0.3, -0.25) is 14.5 Å². The van der Waals surface area contributed by atoms with E-state index in [1.165, 1.54) is 6.42 Å². The number of imidazole rings is 1. The number of para-hydroxylation sites is 3. The standard InChI is InChI=1S/C29H30N4O2/c34-27(20-32-21-30-25-18-10-11-19-26(25)32)33(24-16-8-3-9-17-24)28(22-12-4-1-5-13-22)29(35)31-23-14-6-2-7-15-23/h1,3-5,8-13,16-19,21,23,28H,2,6-7,14-15,20H2,(H,31,35). The second kappa shape index (κ2) is 10.6. The lowest BCUT2D eigenvalue weighted by atomic mass is 9.94. The molecule has 2 amide bonds. The summed E-state index contributed by atoms with van der Waals surface area (Å²) in [5.41, 5.74) is 3.20. The number of anilines is 1. The summed E-state index contributed by atoms with van der Waals surface area (Å²) in [6, 6.07) is 26.2. The van der Waals surface area contributed by atoms with Crippen LogP contribution in [0.1, 0.15) is 43.7 Å². The van der Waals surface area contributed by atoms with Crippen molar-refractivity contribution in [1.29, 1.82) is 0 Å². The van der Waals surface area contributed by atoms with E-state index in [1.54, 1.807) is 11.2 Å². The molecule has 1 aliphatic carbocycles. The largest absolute Gasteiger partial charge is 0.351 e. The van der Waals surface area contributed by atoms with E-state index in [-0.39, 0.29) is 24.4 Å². The topological polar surface area (TPSA) is 67.2 Å². The van der Waals surface area contributed by atoms with E-state index in [2.05, 4.69) is 10.3 Å². The molecular weight excluding hydrogens is 436 g/mol. The zero-order valence-electron chi connectivity index (χ0n) is 19.7. The Morgan fingerprint density at radius 2 is 1.54 bits per heavy atom. The van der Waals surface area contributed by atoms with Gasteiger partial charge in [-0.2, -0.15) is 0 Å². The highest BCUT2D eigenvalue weighted by Gasteiger charge is 2.34. The van der Waals surface area contributed by atoms with E-state index in [1.807, 2.05) is 89.5 Å². The Hall–Kier alpha value is -3.93. The molecule has 1 N–H and O–H groups in total. The smallest absolute Gasteiger partial charge is 0.248 e. The molecule has 1 aliphatic rings. The molecule has 1 aromatic heterocycles. The fourth-order valence-electron chi connectivity index (χ4n) is 4.96. The first-order valence-corrected chi connectivity index (χ1v) is 12.3. The second-order valence-electron chi connectivity index (χ2n) is 9.12. The summed E-state index contributed by atoms with van der Waals surface area (Å²) in [5, 5.41) is 3.26. The van der Waals surface area contributed by atoms with E-state index < -0.39 is 6.04 Å². The number of nitrogens with zero attached hydrogens (tertiary/aromatic N) is 3. The second-order valence-corrected chi connectivity index (χ2v) is 9.12. The Balaban J connectivity index is 1.52. The number of carbonyl (C=O) groups excluding carboxylic acids is 2. The summed E-state index contributed by atoms with van der Waals surface area (Å²) in [5.74, 6) is -0.317. The molecule has 0 spiro atoms. The van der Waals surface area contributed by atoms with Gasteiger partial charge in [0.15, 0.2) is 0 Å². The summed E-state index contributed by atoms with van der Waals surface area (Å²) in [7, 11) is 0. The monoisotopic (exact) mass is 466 g/mol. The molecule has 4 aromatic rings. The van der Waals surface area contributed by atoms with Crippen molar-refractivity contribution in [2.24, 2.45) is 0 Å². The lowest BCUT2D eigenvalue weighted by Gasteiger charge is -2.33. The lowest BCUT2D eigenvalue weighted by Crippen LogP contribution is -2.48. The van der Waals surface area contributed by atoms with Crippen LogP contribution in [0.25, 0.3) is 11.0 Å². The van der Waals surface area contributed by atoms with Gasteiger partial charge in [0.2, 0.25) is 11.8 Å². The van der Waals surface area contributed by atoms with Crippen LogP contribution in [0.15, 0.2) is 91.3 Å². The number of hydrogen-bond acceptors (Lipinski definition) is 3. The molecule has 1 atom stereocenters. The molecule has 35 heavy (non-hydrogen) atoms. The summed E-state index contributed by atoms with van der Waals surface area (Å²) in [4.78, 5) is 33.9. The Morgan fingerprint density at radius 1 is 0.886 bits per heavy atom. The van der Waals surface area contributed by atoms with Crippen molar-refractivity contribution in [1.82, 2.24) is 14.9 Å². The number of benzene rings is 3. The third-order valence-corrected chi connectivity index (χ3v) is 6.71. The minimum Gasteiger partial charge on any atom is -0.351 e. The highest BCUT2D eigenvalue weighted by atomic mass is 16.2. The SMILES string of the molecule is O=C(NC1CCCCC1)C(c1ccccc1)N(C(=O)Cn1cnc2ccccc21)c1ccccc1. The maximum Gasteiger partial charge on any atom is 0.248 e. The van der Waals surface area contributed by atoms with Crippen LogP contribution in [0.4, 0.5) is 5.69 Å². The number of rotatable bonds is 7. The predicted molar refractivity (Wildman–Crippen MR) is 138 cm³/mol. The third-order valence-electron chi connectivity index (χ3n) is 6.71. The van der Waals surface area contributed by atoms with Gasteiger partial charge in [0.05, 0.1) is 17.4 Å². The van der Waals surface area contributed by atoms with Crippen molar-refractivity contribution >= 4 is 28.5 Å². The molecule has 5 rings (SSSR count). The molecule has 3 aromatic carbocycles. The van der Waals surface area contributed by atoms with Crippen molar-refractivity contribution < 1.29 is 9.59 Å². The van der Waals surface area contributed by atoms with E-state index in [4.69, 9.17) is 0 Å². The molecule has 1 fully saturated rings. The Morgan fingerprint density at radius 3 is 2.29 bits per heavy atom. The average Bonchev–Trinajstić information content (AvgIpc) is 3.31. The Labute approximate surface area is 205 Å². The van der Waals surface area contributed by atoms with Crippen molar-refractivity contribution in [3.8, 4) is 0 Å². The van der Waals surface area contributed by atoms with Gasteiger partial charge < -0.3 is 9.88 Å². The fourth-order valence-corrected chi connectivity index (χ4v) is 4.96. The summed E-state index contributed by atoms with van der Waals surface area (Å²) >= 11 is 0. The van der Waals surface area contributed by atoms with E-state index in [0.717, 1.165) is 42.3 Å². The molecular formula is C29H30N4O2. The highest BCUT2D eigenvalue weighted by molar-refractivity contribution is 6.01. The summed E-state index contributed by atoms with van der Waals surface area (Å²) in [6.07, 6.45) is 7.10. The molecule has 1 unspecified atom stereocenters. The Kier molecular flexibility index (Phi) is 6.89. The van der Waals surface area contributed by atoms with Gasteiger partial charge in [0.25, 0.3) is 0 Å². The summed E-state index contributed by atoms with van der Waals surface area (Å²) in [6.45, 7) is 0.0788. The molecule has 6 nitrogen and oxygen atoms in total. The summed E-state index contributed by atoms with van der Waals surface area (Å²) < 4.78 is 1.84. The van der Waals surface area contributed by atoms with Gasteiger partial charge in [0, 0.05) is 11.7 Å². The number of aromatic nitrogens is 2. The molecule has 0 bridgehead atoms. The van der Waals surface area contributed by atoms with E-state index >= 15 is 0 Å². The number of nitrogens with one attached hydrogen (secondary N) is 1. The number of amides is 2. The molecule has 0 radical (unpaired) electrons. The van der Waals surface area contributed by atoms with Crippen LogP contribution >= 0.6 is 0 Å². The molecule has 1 saturated carbocycles. The van der Waals surface area contributed by atoms with E-state index in [9.17, 15) is 9.59 Å². The zero-order valence-corrected chi connectivity index (χ0v) is 19.7. The number of carbonyl (C=O) groups is 2. The van der Waals surface area contributed by atoms with Gasteiger partial charge in [-0.1, -0.05) is 79.9 Å². The van der Waals surface area contributed by atoms with Gasteiger partial charge in [-0.05, 0) is 42.7 Å². The normalized spacial score (nSPS) is 15.0. The maximum absolute atomic E-state index is 14.0. The maximum atomic E-state index is 14.0. The number of fused-ring (bicyclic) bond motifs is 1. The van der Waals surface area contributed by atoms with Crippen LogP contribution < -0.4 is 10.2 Å². The van der Waals surface area contributed by atoms with Crippen LogP contribution in [-0.4, -0.2) is 27.4 Å². The first-order valence-electron chi connectivity index (χ1n) is 12.3. The van der Waals surface area contributed by atoms with Crippen LogP contribution in [0.5, 0.6) is 0 Å². The Bertz CT molecular complexity index is 1280. The van der Waals surface area contributed by atoms with E-state index in [0.29, 0.717) is 5.69 Å². The van der Waals surface area contributed by atoms with Crippen molar-refractivity contribution in [3.63, 3.8) is 0 Å². The lowest BCUT2D eigenvalue weighted by molar-refractivity contribution is -0.127. The van der Waals surface area contributed by atoms with Crippen molar-refractivity contribution in [2.45, 2.75) is 50.7 Å². The molecule has 1 heterocycles. The van der Waals surface area contributed by atoms with Gasteiger partial charge in [0.1, 0.15) is 12.6 Å². The fraction of sp³-hybridized carbons (Fsp3) is 0.276. The van der Waals surface area contributed by atoms with Gasteiger partial charge in [-0.25, -0.2) is 4.98 Å². The number of hydrogen-bond donors (Lipinski definition) is 1. The predicted octanol–water partition coefficient (Wildman–Crippen LogP) is 5.26. The van der Waals surface area contributed by atoms with Gasteiger partial charge >= 0.3 is 0 Å². The van der Waals surface area contributed by atoms with Crippen molar-refractivity contribution in [2.75, 3.05) is 4.90 Å². The molecule has 0 aliphatic heterocycles. The van der Waals surface area contributed by atoms with Gasteiger partial charge in [-0.15, -0.1) is 0 Å². The molecule has 0 saturated heterocycles. The van der Waals surface area contributed by atoms with Crippen molar-refractivity contribution in [3.05, 3.63) is 96.8 Å². The first kappa shape index (κ1) is 22.8. The minimum atomic E-state index is -0.775. The van der Waals surface area contributed by atoms with Crippen LogP contribution in [0.2, 0.25) is 0 Å². The minimum absolute atomic E-state index is 0.0788. The average molecular weight is 467 g/mol. The molecule has 6 heteroatoms. The van der Waals surface area contributed by atoms with Crippen LogP contribution in [0.3, 0.4) is 0 Å². The molecule has 178 valence electrons.